The lowest BCUT2D eigenvalue weighted by molar-refractivity contribution is 0.280. The average Bonchev–Trinajstić information content (AvgIpc) is 2.44. The van der Waals surface area contributed by atoms with Crippen LogP contribution in [0, 0.1) is 5.82 Å². The smallest absolute Gasteiger partial charge is 0.127 e. The highest BCUT2D eigenvalue weighted by atomic mass is 35.5. The zero-order valence-corrected chi connectivity index (χ0v) is 13.5. The van der Waals surface area contributed by atoms with E-state index in [0.717, 1.165) is 32.6 Å². The summed E-state index contributed by atoms with van der Waals surface area (Å²) >= 11 is 6.11. The summed E-state index contributed by atoms with van der Waals surface area (Å²) in [6.45, 7) is 10.4. The van der Waals surface area contributed by atoms with Crippen LogP contribution in [-0.4, -0.2) is 37.1 Å². The van der Waals surface area contributed by atoms with Gasteiger partial charge in [-0.3, -0.25) is 0 Å². The van der Waals surface area contributed by atoms with Crippen LogP contribution in [-0.2, 0) is 6.42 Å². The fraction of sp³-hybridized carbons (Fsp3) is 0.625. The Morgan fingerprint density at radius 2 is 1.95 bits per heavy atom. The monoisotopic (exact) mass is 300 g/mol. The second kappa shape index (κ2) is 9.32. The van der Waals surface area contributed by atoms with E-state index in [1.807, 2.05) is 0 Å². The number of hydrogen-bond donors (Lipinski definition) is 1. The summed E-state index contributed by atoms with van der Waals surface area (Å²) < 4.78 is 13.9. The molecule has 0 saturated carbocycles. The molecule has 0 heterocycles. The summed E-state index contributed by atoms with van der Waals surface area (Å²) in [5, 5.41) is 3.96. The second-order valence-corrected chi connectivity index (χ2v) is 5.38. The van der Waals surface area contributed by atoms with Gasteiger partial charge in [0.05, 0.1) is 0 Å². The van der Waals surface area contributed by atoms with Crippen molar-refractivity contribution in [2.24, 2.45) is 0 Å². The van der Waals surface area contributed by atoms with Crippen molar-refractivity contribution in [3.05, 3.63) is 34.6 Å². The average molecular weight is 301 g/mol. The fourth-order valence-corrected chi connectivity index (χ4v) is 2.66. The summed E-state index contributed by atoms with van der Waals surface area (Å²) in [6.07, 6.45) is 1.64. The molecule has 0 aliphatic heterocycles. The van der Waals surface area contributed by atoms with Crippen molar-refractivity contribution in [1.29, 1.82) is 0 Å². The molecule has 1 unspecified atom stereocenters. The molecular formula is C16H26ClFN2. The van der Waals surface area contributed by atoms with Gasteiger partial charge in [-0.2, -0.15) is 0 Å². The Morgan fingerprint density at radius 3 is 2.50 bits per heavy atom. The number of nitrogens with one attached hydrogen (secondary N) is 1. The van der Waals surface area contributed by atoms with Crippen LogP contribution in [0.1, 0.15) is 32.8 Å². The van der Waals surface area contributed by atoms with Crippen LogP contribution in [0.5, 0.6) is 0 Å². The molecule has 1 N–H and O–H groups in total. The molecule has 0 spiro atoms. The molecule has 1 aromatic carbocycles. The highest BCUT2D eigenvalue weighted by molar-refractivity contribution is 6.31. The topological polar surface area (TPSA) is 15.3 Å². The molecule has 0 saturated heterocycles. The summed E-state index contributed by atoms with van der Waals surface area (Å²) in [6, 6.07) is 5.15. The van der Waals surface area contributed by atoms with Gasteiger partial charge in [-0.05, 0) is 51.2 Å². The van der Waals surface area contributed by atoms with E-state index in [2.05, 4.69) is 31.0 Å². The third-order valence-corrected chi connectivity index (χ3v) is 4.05. The number of rotatable bonds is 9. The van der Waals surface area contributed by atoms with E-state index in [1.54, 1.807) is 12.1 Å². The minimum Gasteiger partial charge on any atom is -0.314 e. The molecule has 1 atom stereocenters. The van der Waals surface area contributed by atoms with Crippen molar-refractivity contribution >= 4 is 11.6 Å². The summed E-state index contributed by atoms with van der Waals surface area (Å²) in [5.74, 6) is -0.205. The van der Waals surface area contributed by atoms with E-state index in [1.165, 1.54) is 6.07 Å². The molecule has 0 aliphatic rings. The number of hydrogen-bond acceptors (Lipinski definition) is 2. The molecule has 4 heteroatoms. The van der Waals surface area contributed by atoms with Gasteiger partial charge in [0.25, 0.3) is 0 Å². The first-order valence-corrected chi connectivity index (χ1v) is 7.88. The van der Waals surface area contributed by atoms with Gasteiger partial charge in [-0.25, -0.2) is 4.39 Å². The first kappa shape index (κ1) is 17.4. The van der Waals surface area contributed by atoms with Gasteiger partial charge in [0.2, 0.25) is 0 Å². The predicted octanol–water partition coefficient (Wildman–Crippen LogP) is 3.73. The normalized spacial score (nSPS) is 12.9. The number of nitrogens with zero attached hydrogens (tertiary/aromatic N) is 1. The molecule has 1 rings (SSSR count). The molecule has 114 valence electrons. The second-order valence-electron chi connectivity index (χ2n) is 4.97. The van der Waals surface area contributed by atoms with Crippen LogP contribution in [0.2, 0.25) is 5.02 Å². The maximum atomic E-state index is 13.9. The Morgan fingerprint density at radius 1 is 1.25 bits per heavy atom. The minimum atomic E-state index is -0.205. The number of halogens is 2. The Kier molecular flexibility index (Phi) is 8.12. The molecule has 20 heavy (non-hydrogen) atoms. The van der Waals surface area contributed by atoms with E-state index in [-0.39, 0.29) is 11.9 Å². The first-order chi connectivity index (χ1) is 9.62. The van der Waals surface area contributed by atoms with Crippen molar-refractivity contribution in [3.8, 4) is 0 Å². The van der Waals surface area contributed by atoms with Gasteiger partial charge >= 0.3 is 0 Å². The quantitative estimate of drug-likeness (QED) is 0.747. The Hall–Kier alpha value is -0.640. The van der Waals surface area contributed by atoms with Gasteiger partial charge < -0.3 is 10.2 Å². The van der Waals surface area contributed by atoms with Crippen molar-refractivity contribution in [2.45, 2.75) is 39.7 Å². The highest BCUT2D eigenvalue weighted by Gasteiger charge is 2.15. The maximum absolute atomic E-state index is 13.9. The zero-order valence-electron chi connectivity index (χ0n) is 12.8. The van der Waals surface area contributed by atoms with Gasteiger partial charge in [0, 0.05) is 16.6 Å². The SMILES string of the molecule is CCNC(CCN(CC)CC)Cc1c(F)cccc1Cl. The van der Waals surface area contributed by atoms with Crippen LogP contribution in [0.3, 0.4) is 0 Å². The summed E-state index contributed by atoms with van der Waals surface area (Å²) in [7, 11) is 0. The van der Waals surface area contributed by atoms with E-state index in [0.29, 0.717) is 17.0 Å². The van der Waals surface area contributed by atoms with Gasteiger partial charge in [0.1, 0.15) is 5.82 Å². The maximum Gasteiger partial charge on any atom is 0.127 e. The molecule has 0 amide bonds. The highest BCUT2D eigenvalue weighted by Crippen LogP contribution is 2.21. The van der Waals surface area contributed by atoms with E-state index < -0.39 is 0 Å². The zero-order chi connectivity index (χ0) is 15.0. The van der Waals surface area contributed by atoms with Crippen LogP contribution >= 0.6 is 11.6 Å². The van der Waals surface area contributed by atoms with E-state index >= 15 is 0 Å². The van der Waals surface area contributed by atoms with Crippen molar-refractivity contribution < 1.29 is 4.39 Å². The summed E-state index contributed by atoms with van der Waals surface area (Å²) in [5.41, 5.74) is 0.625. The minimum absolute atomic E-state index is 0.205. The van der Waals surface area contributed by atoms with Crippen LogP contribution in [0.15, 0.2) is 18.2 Å². The molecule has 0 bridgehead atoms. The third kappa shape index (κ3) is 5.39. The van der Waals surface area contributed by atoms with E-state index in [4.69, 9.17) is 11.6 Å². The molecular weight excluding hydrogens is 275 g/mol. The third-order valence-electron chi connectivity index (χ3n) is 3.69. The van der Waals surface area contributed by atoms with Crippen LogP contribution < -0.4 is 5.32 Å². The van der Waals surface area contributed by atoms with Crippen LogP contribution in [0.25, 0.3) is 0 Å². The van der Waals surface area contributed by atoms with Gasteiger partial charge in [-0.1, -0.05) is 38.4 Å². The number of benzene rings is 1. The molecule has 0 aliphatic carbocycles. The molecule has 2 nitrogen and oxygen atoms in total. The number of likely N-dealkylation sites (N-methyl/N-ethyl adjacent to an activating group) is 1. The van der Waals surface area contributed by atoms with Crippen LogP contribution in [0.4, 0.5) is 4.39 Å². The Balaban J connectivity index is 2.67. The van der Waals surface area contributed by atoms with Crippen molar-refractivity contribution in [1.82, 2.24) is 10.2 Å². The Bertz CT molecular complexity index is 374. The van der Waals surface area contributed by atoms with E-state index in [9.17, 15) is 4.39 Å². The largest absolute Gasteiger partial charge is 0.314 e. The fourth-order valence-electron chi connectivity index (χ4n) is 2.42. The van der Waals surface area contributed by atoms with Crippen molar-refractivity contribution in [2.75, 3.05) is 26.2 Å². The van der Waals surface area contributed by atoms with Crippen molar-refractivity contribution in [3.63, 3.8) is 0 Å². The molecule has 0 fully saturated rings. The van der Waals surface area contributed by atoms with Gasteiger partial charge in [0.15, 0.2) is 0 Å². The molecule has 0 aromatic heterocycles. The Labute approximate surface area is 127 Å². The standard InChI is InChI=1S/C16H26ClFN2/c1-4-19-13(10-11-20(5-2)6-3)12-14-15(17)8-7-9-16(14)18/h7-9,13,19H,4-6,10-12H2,1-3H3. The first-order valence-electron chi connectivity index (χ1n) is 7.50. The summed E-state index contributed by atoms with van der Waals surface area (Å²) in [4.78, 5) is 2.38. The lowest BCUT2D eigenvalue weighted by Gasteiger charge is -2.24. The predicted molar refractivity (Wildman–Crippen MR) is 85.0 cm³/mol. The molecule has 0 radical (unpaired) electrons. The lowest BCUT2D eigenvalue weighted by Crippen LogP contribution is -2.36. The molecule has 1 aromatic rings. The van der Waals surface area contributed by atoms with Gasteiger partial charge in [-0.15, -0.1) is 0 Å². The lowest BCUT2D eigenvalue weighted by atomic mass is 10.0.